The molecule has 2 aromatic carbocycles. The maximum absolute atomic E-state index is 13.2. The standard InChI is InChI=1S/C31H34N4O4/c1-33(31(37)27-6-3-5-24-13-20-39-30(24)27)17-18-35(22-23-11-14-32-15-12-23)16-4-19-38-26-8-9-28-25(21-26)7-10-29(36)34(28)2/h3,5-12,14-15,21H,4,13,16-20,22H2,1-2H3. The average Bonchev–Trinajstić information content (AvgIpc) is 3.45. The van der Waals surface area contributed by atoms with E-state index in [1.165, 1.54) is 5.56 Å². The second kappa shape index (κ2) is 12.1. The zero-order chi connectivity index (χ0) is 27.2. The Morgan fingerprint density at radius 3 is 2.74 bits per heavy atom. The summed E-state index contributed by atoms with van der Waals surface area (Å²) >= 11 is 0. The molecule has 0 saturated carbocycles. The molecule has 0 radical (unpaired) electrons. The number of amides is 1. The highest BCUT2D eigenvalue weighted by Gasteiger charge is 2.23. The van der Waals surface area contributed by atoms with Crippen molar-refractivity contribution in [1.82, 2.24) is 19.4 Å². The first-order valence-corrected chi connectivity index (χ1v) is 13.3. The van der Waals surface area contributed by atoms with E-state index < -0.39 is 0 Å². The highest BCUT2D eigenvalue weighted by atomic mass is 16.5. The smallest absolute Gasteiger partial charge is 0.257 e. The molecule has 0 atom stereocenters. The summed E-state index contributed by atoms with van der Waals surface area (Å²) in [5.74, 6) is 1.50. The van der Waals surface area contributed by atoms with E-state index in [0.717, 1.165) is 60.4 Å². The number of aromatic nitrogens is 2. The molecule has 8 heteroatoms. The number of carbonyl (C=O) groups is 1. The second-order valence-electron chi connectivity index (χ2n) is 9.90. The Hall–Kier alpha value is -4.17. The molecule has 0 unspecified atom stereocenters. The van der Waals surface area contributed by atoms with Crippen molar-refractivity contribution in [2.24, 2.45) is 7.05 Å². The number of ether oxygens (including phenoxy) is 2. The monoisotopic (exact) mass is 526 g/mol. The average molecular weight is 527 g/mol. The van der Waals surface area contributed by atoms with E-state index in [0.29, 0.717) is 25.3 Å². The first-order chi connectivity index (χ1) is 19.0. The van der Waals surface area contributed by atoms with Crippen LogP contribution in [0.3, 0.4) is 0 Å². The van der Waals surface area contributed by atoms with Crippen LogP contribution in [0.2, 0.25) is 0 Å². The van der Waals surface area contributed by atoms with Gasteiger partial charge in [-0.05, 0) is 60.0 Å². The van der Waals surface area contributed by atoms with Crippen molar-refractivity contribution >= 4 is 16.8 Å². The summed E-state index contributed by atoms with van der Waals surface area (Å²) in [6.07, 6.45) is 5.28. The van der Waals surface area contributed by atoms with E-state index in [4.69, 9.17) is 9.47 Å². The van der Waals surface area contributed by atoms with Crippen LogP contribution in [0.25, 0.3) is 10.9 Å². The quantitative estimate of drug-likeness (QED) is 0.276. The molecule has 4 aromatic rings. The molecule has 0 N–H and O–H groups in total. The van der Waals surface area contributed by atoms with Gasteiger partial charge in [0.2, 0.25) is 0 Å². The van der Waals surface area contributed by atoms with Crippen molar-refractivity contribution < 1.29 is 14.3 Å². The van der Waals surface area contributed by atoms with Crippen LogP contribution in [-0.4, -0.2) is 65.2 Å². The van der Waals surface area contributed by atoms with E-state index in [2.05, 4.69) is 9.88 Å². The highest BCUT2D eigenvalue weighted by molar-refractivity contribution is 5.97. The molecule has 8 nitrogen and oxygen atoms in total. The van der Waals surface area contributed by atoms with Crippen molar-refractivity contribution in [3.8, 4) is 11.5 Å². The molecule has 39 heavy (non-hydrogen) atoms. The van der Waals surface area contributed by atoms with Gasteiger partial charge in [0.25, 0.3) is 11.5 Å². The molecular weight excluding hydrogens is 492 g/mol. The Balaban J connectivity index is 1.18. The normalized spacial score (nSPS) is 12.4. The zero-order valence-electron chi connectivity index (χ0n) is 22.5. The topological polar surface area (TPSA) is 76.9 Å². The number of fused-ring (bicyclic) bond motifs is 2. The van der Waals surface area contributed by atoms with Gasteiger partial charge in [-0.25, -0.2) is 0 Å². The van der Waals surface area contributed by atoms with E-state index in [9.17, 15) is 9.59 Å². The van der Waals surface area contributed by atoms with Gasteiger partial charge in [-0.3, -0.25) is 19.5 Å². The van der Waals surface area contributed by atoms with Gasteiger partial charge in [0.15, 0.2) is 0 Å². The molecule has 0 spiro atoms. The van der Waals surface area contributed by atoms with Gasteiger partial charge in [0.1, 0.15) is 11.5 Å². The van der Waals surface area contributed by atoms with Crippen LogP contribution in [0, 0.1) is 0 Å². The third kappa shape index (κ3) is 6.29. The maximum Gasteiger partial charge on any atom is 0.257 e. The molecule has 1 aliphatic heterocycles. The number of nitrogens with zero attached hydrogens (tertiary/aromatic N) is 4. The number of rotatable bonds is 11. The third-order valence-electron chi connectivity index (χ3n) is 7.18. The Kier molecular flexibility index (Phi) is 8.22. The van der Waals surface area contributed by atoms with Crippen molar-refractivity contribution in [3.63, 3.8) is 0 Å². The van der Waals surface area contributed by atoms with Crippen LogP contribution < -0.4 is 15.0 Å². The number of aryl methyl sites for hydroxylation is 1. The van der Waals surface area contributed by atoms with Crippen molar-refractivity contribution in [2.75, 3.05) is 39.9 Å². The second-order valence-corrected chi connectivity index (χ2v) is 9.90. The number of hydrogen-bond donors (Lipinski definition) is 0. The summed E-state index contributed by atoms with van der Waals surface area (Å²) in [6, 6.07) is 19.0. The fourth-order valence-electron chi connectivity index (χ4n) is 4.93. The lowest BCUT2D eigenvalue weighted by molar-refractivity contribution is 0.0771. The predicted octanol–water partition coefficient (Wildman–Crippen LogP) is 3.91. The Labute approximate surface area is 228 Å². The van der Waals surface area contributed by atoms with Gasteiger partial charge in [0.05, 0.1) is 24.3 Å². The third-order valence-corrected chi connectivity index (χ3v) is 7.18. The summed E-state index contributed by atoms with van der Waals surface area (Å²) in [6.45, 7) is 4.09. The lowest BCUT2D eigenvalue weighted by Gasteiger charge is -2.26. The van der Waals surface area contributed by atoms with Gasteiger partial charge < -0.3 is 18.9 Å². The minimum Gasteiger partial charge on any atom is -0.494 e. The Bertz CT molecular complexity index is 1500. The number of para-hydroxylation sites is 1. The fourth-order valence-corrected chi connectivity index (χ4v) is 4.93. The van der Waals surface area contributed by atoms with Gasteiger partial charge in [0, 0.05) is 70.5 Å². The molecule has 2 aromatic heterocycles. The minimum atomic E-state index is -0.0289. The van der Waals surface area contributed by atoms with Crippen LogP contribution in [0.1, 0.15) is 27.9 Å². The van der Waals surface area contributed by atoms with Crippen molar-refractivity contribution in [1.29, 1.82) is 0 Å². The number of benzene rings is 2. The summed E-state index contributed by atoms with van der Waals surface area (Å²) in [7, 11) is 3.62. The lowest BCUT2D eigenvalue weighted by atomic mass is 10.1. The first kappa shape index (κ1) is 26.4. The van der Waals surface area contributed by atoms with Gasteiger partial charge in [-0.2, -0.15) is 0 Å². The zero-order valence-corrected chi connectivity index (χ0v) is 22.5. The highest BCUT2D eigenvalue weighted by Crippen LogP contribution is 2.30. The molecule has 5 rings (SSSR count). The molecular formula is C31H34N4O4. The molecule has 0 fully saturated rings. The van der Waals surface area contributed by atoms with Gasteiger partial charge in [-0.15, -0.1) is 0 Å². The van der Waals surface area contributed by atoms with E-state index in [-0.39, 0.29) is 11.5 Å². The Morgan fingerprint density at radius 1 is 1.05 bits per heavy atom. The van der Waals surface area contributed by atoms with Crippen LogP contribution in [0.15, 0.2) is 77.9 Å². The van der Waals surface area contributed by atoms with Crippen LogP contribution in [0.5, 0.6) is 11.5 Å². The van der Waals surface area contributed by atoms with E-state index in [1.807, 2.05) is 61.6 Å². The summed E-state index contributed by atoms with van der Waals surface area (Å²) < 4.78 is 13.4. The molecule has 1 amide bonds. The van der Waals surface area contributed by atoms with Crippen LogP contribution >= 0.6 is 0 Å². The Morgan fingerprint density at radius 2 is 1.90 bits per heavy atom. The molecule has 202 valence electrons. The van der Waals surface area contributed by atoms with Gasteiger partial charge >= 0.3 is 0 Å². The number of hydrogen-bond acceptors (Lipinski definition) is 6. The molecule has 0 aliphatic carbocycles. The summed E-state index contributed by atoms with van der Waals surface area (Å²) in [4.78, 5) is 33.3. The number of likely N-dealkylation sites (N-methyl/N-ethyl adjacent to an activating group) is 1. The number of pyridine rings is 2. The maximum atomic E-state index is 13.2. The minimum absolute atomic E-state index is 0.0188. The molecule has 0 bridgehead atoms. The van der Waals surface area contributed by atoms with E-state index >= 15 is 0 Å². The van der Waals surface area contributed by atoms with Crippen LogP contribution in [-0.2, 0) is 20.0 Å². The number of carbonyl (C=O) groups excluding carboxylic acids is 1. The van der Waals surface area contributed by atoms with Gasteiger partial charge in [-0.1, -0.05) is 12.1 Å². The summed E-state index contributed by atoms with van der Waals surface area (Å²) in [5.41, 5.74) is 3.76. The predicted molar refractivity (Wildman–Crippen MR) is 151 cm³/mol. The molecule has 3 heterocycles. The first-order valence-electron chi connectivity index (χ1n) is 13.3. The lowest BCUT2D eigenvalue weighted by Crippen LogP contribution is -2.37. The SMILES string of the molecule is CN(CCN(CCCOc1ccc2c(ccc(=O)n2C)c1)Cc1ccncc1)C(=O)c1cccc2c1OCC2. The molecule has 1 aliphatic rings. The molecule has 0 saturated heterocycles. The van der Waals surface area contributed by atoms with Crippen LogP contribution in [0.4, 0.5) is 0 Å². The van der Waals surface area contributed by atoms with Crippen molar-refractivity contribution in [2.45, 2.75) is 19.4 Å². The summed E-state index contributed by atoms with van der Waals surface area (Å²) in [5, 5.41) is 0.969. The van der Waals surface area contributed by atoms with Crippen molar-refractivity contribution in [3.05, 3.63) is 100 Å². The largest absolute Gasteiger partial charge is 0.494 e. The fraction of sp³-hybridized carbons (Fsp3) is 0.323. The van der Waals surface area contributed by atoms with E-state index in [1.54, 1.807) is 35.0 Å².